The van der Waals surface area contributed by atoms with Crippen molar-refractivity contribution >= 4 is 16.1 Å². The van der Waals surface area contributed by atoms with Gasteiger partial charge in [-0.25, -0.2) is 8.42 Å². The van der Waals surface area contributed by atoms with Gasteiger partial charge in [-0.3, -0.25) is 4.90 Å². The Bertz CT molecular complexity index is 861. The molecule has 1 aliphatic heterocycles. The molecule has 1 heterocycles. The Labute approximate surface area is 155 Å². The van der Waals surface area contributed by atoms with Crippen LogP contribution in [0.1, 0.15) is 30.0 Å². The van der Waals surface area contributed by atoms with Gasteiger partial charge in [0.2, 0.25) is 10.0 Å². The summed E-state index contributed by atoms with van der Waals surface area (Å²) in [6, 6.07) is 20.1. The minimum atomic E-state index is -3.48. The molecule has 0 amide bonds. The minimum absolute atomic E-state index is 0.129. The highest BCUT2D eigenvalue weighted by Gasteiger charge is 2.39. The fourth-order valence-electron chi connectivity index (χ4n) is 3.62. The summed E-state index contributed by atoms with van der Waals surface area (Å²) in [4.78, 5) is 2.45. The Hall–Kier alpha value is -1.95. The highest BCUT2D eigenvalue weighted by atomic mass is 32.2. The van der Waals surface area contributed by atoms with Gasteiger partial charge in [0.15, 0.2) is 0 Å². The van der Waals surface area contributed by atoms with Gasteiger partial charge in [0, 0.05) is 31.1 Å². The molecule has 5 heteroatoms. The van der Waals surface area contributed by atoms with Crippen molar-refractivity contribution in [3.8, 4) is 0 Å². The number of hydrogen-bond acceptors (Lipinski definition) is 3. The van der Waals surface area contributed by atoms with Crippen LogP contribution in [0, 0.1) is 0 Å². The lowest BCUT2D eigenvalue weighted by Gasteiger charge is -2.40. The second-order valence-electron chi connectivity index (χ2n) is 7.02. The summed E-state index contributed by atoms with van der Waals surface area (Å²) in [5.74, 6) is 0. The van der Waals surface area contributed by atoms with Crippen molar-refractivity contribution in [2.45, 2.75) is 24.9 Å². The first kappa shape index (κ1) is 17.5. The average Bonchev–Trinajstić information content (AvgIpc) is 3.53. The number of nitrogens with zero attached hydrogens (tertiary/aromatic N) is 2. The first-order chi connectivity index (χ1) is 12.6. The van der Waals surface area contributed by atoms with Crippen LogP contribution in [-0.4, -0.2) is 43.3 Å². The van der Waals surface area contributed by atoms with E-state index in [2.05, 4.69) is 4.90 Å². The summed E-state index contributed by atoms with van der Waals surface area (Å²) in [6.07, 6.45) is 4.16. The van der Waals surface area contributed by atoms with Crippen LogP contribution in [0.2, 0.25) is 0 Å². The maximum atomic E-state index is 13.1. The van der Waals surface area contributed by atoms with Gasteiger partial charge in [0.25, 0.3) is 0 Å². The van der Waals surface area contributed by atoms with E-state index in [0.717, 1.165) is 24.2 Å². The third-order valence-electron chi connectivity index (χ3n) is 5.17. The van der Waals surface area contributed by atoms with E-state index < -0.39 is 10.0 Å². The van der Waals surface area contributed by atoms with Crippen LogP contribution in [0.25, 0.3) is 6.08 Å². The topological polar surface area (TPSA) is 40.6 Å². The molecule has 2 fully saturated rings. The lowest BCUT2D eigenvalue weighted by atomic mass is 10.0. The molecule has 26 heavy (non-hydrogen) atoms. The summed E-state index contributed by atoms with van der Waals surface area (Å²) in [5, 5.41) is 1.35. The molecule has 4 nitrogen and oxygen atoms in total. The molecule has 2 aliphatic rings. The number of sulfonamides is 1. The normalized spacial score (nSPS) is 22.7. The number of benzene rings is 2. The number of hydrogen-bond donors (Lipinski definition) is 0. The van der Waals surface area contributed by atoms with Crippen molar-refractivity contribution in [2.75, 3.05) is 19.6 Å². The van der Waals surface area contributed by atoms with E-state index in [0.29, 0.717) is 12.6 Å². The maximum Gasteiger partial charge on any atom is 0.236 e. The predicted molar refractivity (Wildman–Crippen MR) is 105 cm³/mol. The fourth-order valence-corrected chi connectivity index (χ4v) is 4.98. The summed E-state index contributed by atoms with van der Waals surface area (Å²) in [6.45, 7) is 2.12. The Kier molecular flexibility index (Phi) is 4.94. The van der Waals surface area contributed by atoms with E-state index in [1.54, 1.807) is 10.4 Å². The second kappa shape index (κ2) is 7.35. The quantitative estimate of drug-likeness (QED) is 0.811. The summed E-state index contributed by atoms with van der Waals surface area (Å²) < 4.78 is 27.8. The van der Waals surface area contributed by atoms with E-state index in [-0.39, 0.29) is 6.04 Å². The van der Waals surface area contributed by atoms with Gasteiger partial charge in [0.1, 0.15) is 0 Å². The van der Waals surface area contributed by atoms with Crippen LogP contribution in [0.5, 0.6) is 0 Å². The van der Waals surface area contributed by atoms with Gasteiger partial charge in [-0.2, -0.15) is 4.31 Å². The monoisotopic (exact) mass is 368 g/mol. The summed E-state index contributed by atoms with van der Waals surface area (Å²) >= 11 is 0. The van der Waals surface area contributed by atoms with Gasteiger partial charge < -0.3 is 0 Å². The van der Waals surface area contributed by atoms with Crippen LogP contribution in [0.3, 0.4) is 0 Å². The fraction of sp³-hybridized carbons (Fsp3) is 0.333. The van der Waals surface area contributed by atoms with Gasteiger partial charge in [-0.1, -0.05) is 60.7 Å². The van der Waals surface area contributed by atoms with Gasteiger partial charge >= 0.3 is 0 Å². The Morgan fingerprint density at radius 3 is 2.19 bits per heavy atom. The molecular weight excluding hydrogens is 344 g/mol. The van der Waals surface area contributed by atoms with Gasteiger partial charge in [-0.05, 0) is 30.0 Å². The molecule has 0 bridgehead atoms. The van der Waals surface area contributed by atoms with E-state index in [1.165, 1.54) is 18.2 Å². The molecule has 136 valence electrons. The van der Waals surface area contributed by atoms with Crippen molar-refractivity contribution in [3.05, 3.63) is 77.2 Å². The zero-order valence-corrected chi connectivity index (χ0v) is 15.6. The Morgan fingerprint density at radius 2 is 1.54 bits per heavy atom. The van der Waals surface area contributed by atoms with Crippen LogP contribution in [0.4, 0.5) is 0 Å². The molecule has 0 N–H and O–H groups in total. The highest BCUT2D eigenvalue weighted by Crippen LogP contribution is 2.35. The van der Waals surface area contributed by atoms with Crippen LogP contribution < -0.4 is 0 Å². The largest absolute Gasteiger partial charge is 0.297 e. The van der Waals surface area contributed by atoms with E-state index >= 15 is 0 Å². The van der Waals surface area contributed by atoms with Crippen molar-refractivity contribution in [2.24, 2.45) is 0 Å². The third kappa shape index (κ3) is 3.90. The molecule has 1 aliphatic carbocycles. The van der Waals surface area contributed by atoms with E-state index in [1.807, 2.05) is 60.7 Å². The number of piperazine rings is 1. The number of rotatable bonds is 5. The van der Waals surface area contributed by atoms with Crippen molar-refractivity contribution in [1.29, 1.82) is 0 Å². The van der Waals surface area contributed by atoms with Crippen LogP contribution >= 0.6 is 0 Å². The van der Waals surface area contributed by atoms with Crippen molar-refractivity contribution < 1.29 is 8.42 Å². The Balaban J connectivity index is 1.60. The zero-order valence-electron chi connectivity index (χ0n) is 14.7. The van der Waals surface area contributed by atoms with Crippen molar-refractivity contribution in [3.63, 3.8) is 0 Å². The van der Waals surface area contributed by atoms with Gasteiger partial charge in [-0.15, -0.1) is 0 Å². The molecule has 0 spiro atoms. The lowest BCUT2D eigenvalue weighted by molar-refractivity contribution is 0.130. The van der Waals surface area contributed by atoms with E-state index in [4.69, 9.17) is 0 Å². The predicted octanol–water partition coefficient (Wildman–Crippen LogP) is 3.51. The second-order valence-corrected chi connectivity index (χ2v) is 8.79. The van der Waals surface area contributed by atoms with Crippen molar-refractivity contribution in [1.82, 2.24) is 9.21 Å². The first-order valence-electron chi connectivity index (χ1n) is 9.17. The molecule has 0 aromatic heterocycles. The minimum Gasteiger partial charge on any atom is -0.297 e. The molecule has 0 unspecified atom stereocenters. The first-order valence-corrected chi connectivity index (χ1v) is 10.7. The van der Waals surface area contributed by atoms with E-state index in [9.17, 15) is 8.42 Å². The van der Waals surface area contributed by atoms with Crippen LogP contribution in [0.15, 0.2) is 66.1 Å². The van der Waals surface area contributed by atoms with Gasteiger partial charge in [0.05, 0.1) is 6.04 Å². The molecule has 2 aromatic rings. The Morgan fingerprint density at radius 1 is 0.885 bits per heavy atom. The molecule has 2 aromatic carbocycles. The maximum absolute atomic E-state index is 13.1. The average molecular weight is 369 g/mol. The molecule has 1 saturated heterocycles. The standard InChI is InChI=1S/C21H24N2O2S/c24-26(25,16-13-18-7-3-1-4-8-18)23-15-14-22(20-11-12-20)17-21(23)19-9-5-2-6-10-19/h1-10,13,16,20-21H,11-12,14-15,17H2/b16-13+/t21-/m1/s1. The molecular formula is C21H24N2O2S. The van der Waals surface area contributed by atoms with Crippen LogP contribution in [-0.2, 0) is 10.0 Å². The molecule has 4 rings (SSSR count). The summed E-state index contributed by atoms with van der Waals surface area (Å²) in [5.41, 5.74) is 1.96. The zero-order chi connectivity index (χ0) is 18.0. The molecule has 1 atom stereocenters. The SMILES string of the molecule is O=S(=O)(/C=C/c1ccccc1)N1CCN(C2CC2)C[C@@H]1c1ccccc1. The molecule has 1 saturated carbocycles. The smallest absolute Gasteiger partial charge is 0.236 e. The summed E-state index contributed by atoms with van der Waals surface area (Å²) in [7, 11) is -3.48. The molecule has 0 radical (unpaired) electrons. The lowest BCUT2D eigenvalue weighted by Crippen LogP contribution is -2.50. The highest BCUT2D eigenvalue weighted by molar-refractivity contribution is 7.92. The third-order valence-corrected chi connectivity index (χ3v) is 6.74.